The van der Waals surface area contributed by atoms with Crippen LogP contribution in [0.5, 0.6) is 5.88 Å². The number of nitrogens with one attached hydrogen (secondary N) is 1. The molecular weight excluding hydrogens is 358 g/mol. The van der Waals surface area contributed by atoms with E-state index in [2.05, 4.69) is 10.3 Å². The molecule has 1 aromatic heterocycles. The lowest BCUT2D eigenvalue weighted by atomic mass is 10.2. The van der Waals surface area contributed by atoms with Crippen molar-refractivity contribution in [2.75, 3.05) is 6.54 Å². The van der Waals surface area contributed by atoms with E-state index in [9.17, 15) is 9.59 Å². The number of likely N-dealkylation sites (tertiary alicyclic amines) is 1. The van der Waals surface area contributed by atoms with E-state index in [-0.39, 0.29) is 12.0 Å². The van der Waals surface area contributed by atoms with E-state index in [1.54, 1.807) is 6.20 Å². The molecule has 1 aromatic rings. The second kappa shape index (κ2) is 8.80. The van der Waals surface area contributed by atoms with Gasteiger partial charge < -0.3 is 14.8 Å². The number of amides is 2. The maximum atomic E-state index is 12.7. The Hall–Kier alpha value is -2.31. The van der Waals surface area contributed by atoms with E-state index >= 15 is 0 Å². The van der Waals surface area contributed by atoms with Crippen LogP contribution in [0.2, 0.25) is 0 Å². The van der Waals surface area contributed by atoms with Crippen LogP contribution in [0.4, 0.5) is 4.79 Å². The summed E-state index contributed by atoms with van der Waals surface area (Å²) in [6.45, 7) is 6.34. The summed E-state index contributed by atoms with van der Waals surface area (Å²) < 4.78 is 11.5. The van der Waals surface area contributed by atoms with Gasteiger partial charge in [0.15, 0.2) is 0 Å². The van der Waals surface area contributed by atoms with Crippen LogP contribution in [0.25, 0.3) is 0 Å². The average molecular weight is 389 g/mol. The molecule has 1 saturated carbocycles. The number of aromatic nitrogens is 1. The molecule has 1 saturated heterocycles. The first-order chi connectivity index (χ1) is 13.3. The Bertz CT molecular complexity index is 695. The Labute approximate surface area is 166 Å². The zero-order valence-electron chi connectivity index (χ0n) is 17.1. The van der Waals surface area contributed by atoms with Crippen molar-refractivity contribution in [3.8, 4) is 5.88 Å². The van der Waals surface area contributed by atoms with Crippen molar-refractivity contribution in [2.45, 2.75) is 83.6 Å². The molecule has 3 rings (SSSR count). The van der Waals surface area contributed by atoms with Crippen LogP contribution < -0.4 is 10.1 Å². The fraction of sp³-hybridized carbons (Fsp3) is 0.667. The number of pyridine rings is 1. The molecule has 2 fully saturated rings. The minimum Gasteiger partial charge on any atom is -0.474 e. The Morgan fingerprint density at radius 3 is 2.68 bits per heavy atom. The maximum absolute atomic E-state index is 12.7. The number of nitrogens with zero attached hydrogens (tertiary/aromatic N) is 2. The zero-order valence-corrected chi connectivity index (χ0v) is 17.1. The Balaban J connectivity index is 1.58. The molecule has 0 bridgehead atoms. The molecule has 154 valence electrons. The van der Waals surface area contributed by atoms with E-state index < -0.39 is 17.7 Å². The molecule has 0 spiro atoms. The van der Waals surface area contributed by atoms with Crippen molar-refractivity contribution in [1.29, 1.82) is 0 Å². The standard InChI is InChI=1S/C21H31N3O4/c1-21(2,3)28-20(26)24-13-7-11-17(24)18(25)23-14-15-8-6-12-22-19(15)27-16-9-4-5-10-16/h6,8,12,16-17H,4-5,7,9-11,13-14H2,1-3H3,(H,23,25)/t17-/m0/s1. The monoisotopic (exact) mass is 389 g/mol. The third kappa shape index (κ3) is 5.36. The first-order valence-electron chi connectivity index (χ1n) is 10.2. The van der Waals surface area contributed by atoms with Crippen LogP contribution in [0.15, 0.2) is 18.3 Å². The molecule has 1 atom stereocenters. The first kappa shape index (κ1) is 20.4. The quantitative estimate of drug-likeness (QED) is 0.835. The minimum absolute atomic E-state index is 0.168. The first-order valence-corrected chi connectivity index (χ1v) is 10.2. The van der Waals surface area contributed by atoms with E-state index in [0.717, 1.165) is 24.8 Å². The number of rotatable bonds is 5. The molecule has 2 heterocycles. The molecule has 28 heavy (non-hydrogen) atoms. The van der Waals surface area contributed by atoms with Crippen molar-refractivity contribution >= 4 is 12.0 Å². The summed E-state index contributed by atoms with van der Waals surface area (Å²) in [7, 11) is 0. The van der Waals surface area contributed by atoms with E-state index in [1.165, 1.54) is 17.7 Å². The summed E-state index contributed by atoms with van der Waals surface area (Å²) in [5.41, 5.74) is 0.271. The van der Waals surface area contributed by atoms with Gasteiger partial charge in [-0.05, 0) is 65.4 Å². The largest absolute Gasteiger partial charge is 0.474 e. The predicted octanol–water partition coefficient (Wildman–Crippen LogP) is 3.42. The number of carbonyl (C=O) groups is 2. The molecule has 2 aliphatic rings. The Morgan fingerprint density at radius 1 is 1.21 bits per heavy atom. The lowest BCUT2D eigenvalue weighted by Gasteiger charge is -2.28. The van der Waals surface area contributed by atoms with Gasteiger partial charge in [-0.3, -0.25) is 9.69 Å². The number of ether oxygens (including phenoxy) is 2. The minimum atomic E-state index is -0.580. The maximum Gasteiger partial charge on any atom is 0.410 e. The highest BCUT2D eigenvalue weighted by molar-refractivity contribution is 5.86. The van der Waals surface area contributed by atoms with Crippen molar-refractivity contribution in [1.82, 2.24) is 15.2 Å². The summed E-state index contributed by atoms with van der Waals surface area (Å²) in [5, 5.41) is 2.95. The third-order valence-corrected chi connectivity index (χ3v) is 5.07. The Kier molecular flexibility index (Phi) is 6.42. The van der Waals surface area contributed by atoms with Crippen LogP contribution in [-0.4, -0.2) is 46.2 Å². The molecule has 1 aliphatic heterocycles. The predicted molar refractivity (Wildman–Crippen MR) is 105 cm³/mol. The molecule has 0 aromatic carbocycles. The van der Waals surface area contributed by atoms with Crippen molar-refractivity contribution < 1.29 is 19.1 Å². The van der Waals surface area contributed by atoms with Crippen LogP contribution in [0.1, 0.15) is 64.9 Å². The number of hydrogen-bond donors (Lipinski definition) is 1. The third-order valence-electron chi connectivity index (χ3n) is 5.07. The molecule has 7 nitrogen and oxygen atoms in total. The van der Waals surface area contributed by atoms with Gasteiger partial charge in [0.05, 0.1) is 0 Å². The molecule has 0 radical (unpaired) electrons. The Morgan fingerprint density at radius 2 is 1.96 bits per heavy atom. The highest BCUT2D eigenvalue weighted by atomic mass is 16.6. The van der Waals surface area contributed by atoms with Gasteiger partial charge in [-0.15, -0.1) is 0 Å². The molecule has 2 amide bonds. The van der Waals surface area contributed by atoms with Gasteiger partial charge in [-0.25, -0.2) is 9.78 Å². The fourth-order valence-corrected chi connectivity index (χ4v) is 3.71. The van der Waals surface area contributed by atoms with Crippen molar-refractivity contribution in [3.63, 3.8) is 0 Å². The second-order valence-electron chi connectivity index (χ2n) is 8.54. The summed E-state index contributed by atoms with van der Waals surface area (Å²) in [4.78, 5) is 31.0. The molecule has 0 unspecified atom stereocenters. The molecule has 7 heteroatoms. The van der Waals surface area contributed by atoms with Gasteiger partial charge in [0.25, 0.3) is 0 Å². The normalized spacial score (nSPS) is 20.2. The zero-order chi connectivity index (χ0) is 20.1. The van der Waals surface area contributed by atoms with Gasteiger partial charge in [0.1, 0.15) is 17.7 Å². The summed E-state index contributed by atoms with van der Waals surface area (Å²) >= 11 is 0. The van der Waals surface area contributed by atoms with Crippen LogP contribution in [-0.2, 0) is 16.1 Å². The van der Waals surface area contributed by atoms with E-state index in [0.29, 0.717) is 25.4 Å². The van der Waals surface area contributed by atoms with Crippen LogP contribution >= 0.6 is 0 Å². The van der Waals surface area contributed by atoms with Crippen molar-refractivity contribution in [3.05, 3.63) is 23.9 Å². The van der Waals surface area contributed by atoms with Crippen LogP contribution in [0, 0.1) is 0 Å². The van der Waals surface area contributed by atoms with Gasteiger partial charge in [-0.1, -0.05) is 6.07 Å². The van der Waals surface area contributed by atoms with Gasteiger partial charge in [-0.2, -0.15) is 0 Å². The smallest absolute Gasteiger partial charge is 0.410 e. The molecular formula is C21H31N3O4. The molecule has 1 aliphatic carbocycles. The van der Waals surface area contributed by atoms with E-state index in [1.807, 2.05) is 32.9 Å². The van der Waals surface area contributed by atoms with Crippen molar-refractivity contribution in [2.24, 2.45) is 0 Å². The topological polar surface area (TPSA) is 80.8 Å². The number of hydrogen-bond acceptors (Lipinski definition) is 5. The summed E-state index contributed by atoms with van der Waals surface area (Å²) in [6, 6.07) is 3.26. The van der Waals surface area contributed by atoms with Gasteiger partial charge in [0.2, 0.25) is 11.8 Å². The highest BCUT2D eigenvalue weighted by Gasteiger charge is 2.36. The average Bonchev–Trinajstić information content (AvgIpc) is 3.31. The summed E-state index contributed by atoms with van der Waals surface area (Å²) in [6.07, 6.45) is 7.39. The number of carbonyl (C=O) groups excluding carboxylic acids is 2. The summed E-state index contributed by atoms with van der Waals surface area (Å²) in [5.74, 6) is 0.421. The highest BCUT2D eigenvalue weighted by Crippen LogP contribution is 2.25. The second-order valence-corrected chi connectivity index (χ2v) is 8.54. The van der Waals surface area contributed by atoms with E-state index in [4.69, 9.17) is 9.47 Å². The van der Waals surface area contributed by atoms with Crippen LogP contribution in [0.3, 0.4) is 0 Å². The van der Waals surface area contributed by atoms with Gasteiger partial charge in [0, 0.05) is 24.8 Å². The fourth-order valence-electron chi connectivity index (χ4n) is 3.71. The SMILES string of the molecule is CC(C)(C)OC(=O)N1CCC[C@H]1C(=O)NCc1cccnc1OC1CCCC1. The molecule has 1 N–H and O–H groups in total. The van der Waals surface area contributed by atoms with Gasteiger partial charge >= 0.3 is 6.09 Å². The lowest BCUT2D eigenvalue weighted by molar-refractivity contribution is -0.125. The lowest BCUT2D eigenvalue weighted by Crippen LogP contribution is -2.47.